The summed E-state index contributed by atoms with van der Waals surface area (Å²) in [5.41, 5.74) is -0.126. The van der Waals surface area contributed by atoms with E-state index < -0.39 is 88.4 Å². The van der Waals surface area contributed by atoms with Crippen LogP contribution in [0.5, 0.6) is 17.4 Å². The number of benzene rings is 4. The summed E-state index contributed by atoms with van der Waals surface area (Å²) in [6.45, 7) is 3.86. The molecule has 27 nitrogen and oxygen atoms in total. The van der Waals surface area contributed by atoms with Crippen LogP contribution in [0.1, 0.15) is 35.1 Å². The first-order valence-electron chi connectivity index (χ1n) is 19.8. The average molecular weight is 1080 g/mol. The molecule has 0 saturated heterocycles. The van der Waals surface area contributed by atoms with Crippen LogP contribution in [0.3, 0.4) is 0 Å². The average Bonchev–Trinajstić information content (AvgIpc) is 3.64. The third-order valence-electron chi connectivity index (χ3n) is 9.87. The second-order valence-electron chi connectivity index (χ2n) is 15.0. The molecule has 6 rings (SSSR count). The third kappa shape index (κ3) is 13.1. The van der Waals surface area contributed by atoms with Crippen molar-refractivity contribution in [3.63, 3.8) is 0 Å². The van der Waals surface area contributed by atoms with E-state index in [0.717, 1.165) is 28.7 Å². The molecule has 4 aromatic carbocycles. The van der Waals surface area contributed by atoms with Crippen LogP contribution >= 0.6 is 0 Å². The van der Waals surface area contributed by atoms with Crippen molar-refractivity contribution in [1.82, 2.24) is 9.38 Å². The molecule has 0 radical (unpaired) electrons. The summed E-state index contributed by atoms with van der Waals surface area (Å²) in [5, 5.41) is 46.5. The van der Waals surface area contributed by atoms with E-state index in [1.165, 1.54) is 44.2 Å². The first-order valence-corrected chi connectivity index (χ1v) is 27.3. The summed E-state index contributed by atoms with van der Waals surface area (Å²) < 4.78 is 177. The summed E-state index contributed by atoms with van der Waals surface area (Å²) in [5.74, 6) is -2.23. The van der Waals surface area contributed by atoms with Gasteiger partial charge in [0.1, 0.15) is 45.1 Å². The summed E-state index contributed by atoms with van der Waals surface area (Å²) in [7, 11) is -23.5. The predicted octanol–water partition coefficient (Wildman–Crippen LogP) is 7.29. The van der Waals surface area contributed by atoms with Crippen LogP contribution in [-0.4, -0.2) is 104 Å². The highest BCUT2D eigenvalue weighted by molar-refractivity contribution is 7.87. The van der Waals surface area contributed by atoms with Crippen molar-refractivity contribution >= 4 is 101 Å². The lowest BCUT2D eigenvalue weighted by atomic mass is 10.1. The van der Waals surface area contributed by atoms with Gasteiger partial charge in [0.05, 0.1) is 56.9 Å². The van der Waals surface area contributed by atoms with E-state index in [4.69, 9.17) is 9.47 Å². The number of ether oxygens (including phenoxy) is 2. The molecular formula is C39H37N9O18S5. The van der Waals surface area contributed by atoms with Crippen LogP contribution in [0.2, 0.25) is 0 Å². The normalized spacial score (nSPS) is 13.0. The van der Waals surface area contributed by atoms with Crippen LogP contribution in [0, 0.1) is 32.1 Å². The first kappa shape index (κ1) is 53.4. The molecule has 0 fully saturated rings. The molecule has 32 heteroatoms. The van der Waals surface area contributed by atoms with Gasteiger partial charge in [-0.15, -0.1) is 20.5 Å². The third-order valence-corrected chi connectivity index (χ3v) is 14.1. The fraction of sp³-hybridized carbons (Fsp3) is 0.231. The minimum absolute atomic E-state index is 0.0181. The predicted molar refractivity (Wildman–Crippen MR) is 248 cm³/mol. The standard InChI is InChI=1S/C39H37N9O18S5/c1-21-14-31(34(65-10-4-12-67(50,51)52)18-29(21)43-42-28-9-7-25(70(59,60)61)17-36(28)71(62,63)64)45-44-30-19-35(66-11-5-13-68(53,54)55)32(15-22(30)2)46-47-37-23(3)26(20-40)38-41-27-8-6-24(69(56,57)58)16-33(27)48(38)39(37)49/h6-9,14-19,49H,4-5,10-13H2,1-3H3,(H,50,51,52)(H,53,54,55)(H,56,57,58)(H,59,60,61)(H,62,63,64). The van der Waals surface area contributed by atoms with Crippen molar-refractivity contribution in [3.8, 4) is 23.4 Å². The van der Waals surface area contributed by atoms with Crippen LogP contribution in [-0.2, 0) is 50.6 Å². The highest BCUT2D eigenvalue weighted by Crippen LogP contribution is 2.43. The maximum absolute atomic E-state index is 12.1. The maximum Gasteiger partial charge on any atom is 0.296 e. The first-order chi connectivity index (χ1) is 32.9. The monoisotopic (exact) mass is 1080 g/mol. The Morgan fingerprint density at radius 1 is 0.592 bits per heavy atom. The molecule has 0 aliphatic heterocycles. The minimum Gasteiger partial charge on any atom is -0.493 e. The molecule has 0 unspecified atom stereocenters. The number of imidazole rings is 1. The molecule has 0 saturated carbocycles. The van der Waals surface area contributed by atoms with E-state index in [9.17, 15) is 75.2 Å². The second kappa shape index (κ2) is 20.4. The van der Waals surface area contributed by atoms with Crippen molar-refractivity contribution in [3.05, 3.63) is 82.9 Å². The van der Waals surface area contributed by atoms with Crippen molar-refractivity contribution < 1.29 is 79.4 Å². The van der Waals surface area contributed by atoms with Gasteiger partial charge in [-0.05, 0) is 93.3 Å². The smallest absolute Gasteiger partial charge is 0.296 e. The number of nitriles is 1. The Kier molecular flexibility index (Phi) is 15.4. The Labute approximate surface area is 403 Å². The van der Waals surface area contributed by atoms with Crippen molar-refractivity contribution in [1.29, 1.82) is 5.26 Å². The Morgan fingerprint density at radius 3 is 1.54 bits per heavy atom. The van der Waals surface area contributed by atoms with E-state index >= 15 is 0 Å². The molecule has 0 atom stereocenters. The SMILES string of the molecule is Cc1cc(N=Nc2c(C)c(C#N)c3nc4ccc(S(=O)(=O)O)cc4n3c2O)c(OCCCS(=O)(=O)O)cc1N=Nc1cc(C)c(N=Nc2ccc(S(=O)(=O)O)cc2S(=O)(=O)O)cc1OCCCS(=O)(=O)O. The zero-order chi connectivity index (χ0) is 52.4. The number of rotatable bonds is 19. The highest BCUT2D eigenvalue weighted by atomic mass is 32.2. The molecule has 0 spiro atoms. The van der Waals surface area contributed by atoms with Gasteiger partial charge in [-0.1, -0.05) is 0 Å². The Morgan fingerprint density at radius 2 is 1.06 bits per heavy atom. The lowest BCUT2D eigenvalue weighted by molar-refractivity contribution is 0.317. The van der Waals surface area contributed by atoms with Crippen LogP contribution in [0.15, 0.2) is 106 Å². The van der Waals surface area contributed by atoms with Crippen LogP contribution in [0.4, 0.5) is 34.1 Å². The second-order valence-corrected chi connectivity index (χ2v) is 22.4. The highest BCUT2D eigenvalue weighted by Gasteiger charge is 2.24. The molecule has 0 bridgehead atoms. The van der Waals surface area contributed by atoms with Gasteiger partial charge >= 0.3 is 0 Å². The van der Waals surface area contributed by atoms with Gasteiger partial charge in [0.25, 0.3) is 50.6 Å². The van der Waals surface area contributed by atoms with E-state index in [0.29, 0.717) is 11.6 Å². The molecular weight excluding hydrogens is 1040 g/mol. The van der Waals surface area contributed by atoms with Gasteiger partial charge in [0.15, 0.2) is 11.3 Å². The number of aryl methyl sites for hydroxylation is 2. The number of nitrogens with zero attached hydrogens (tertiary/aromatic N) is 9. The molecule has 0 amide bonds. The topological polar surface area (TPSA) is 426 Å². The number of fused-ring (bicyclic) bond motifs is 3. The lowest BCUT2D eigenvalue weighted by Gasteiger charge is -2.12. The van der Waals surface area contributed by atoms with E-state index in [-0.39, 0.29) is 99.4 Å². The number of aromatic nitrogens is 2. The molecule has 0 aliphatic carbocycles. The van der Waals surface area contributed by atoms with Crippen molar-refractivity contribution in [2.45, 2.75) is 48.3 Å². The summed E-state index contributed by atoms with van der Waals surface area (Å²) in [6, 6.07) is 12.8. The Bertz CT molecular complexity index is 3870. The fourth-order valence-corrected chi connectivity index (χ4v) is 9.14. The van der Waals surface area contributed by atoms with Gasteiger partial charge in [0.2, 0.25) is 5.88 Å². The molecule has 6 N–H and O–H groups in total. The van der Waals surface area contributed by atoms with Crippen molar-refractivity contribution in [2.75, 3.05) is 24.7 Å². The number of azo groups is 3. The van der Waals surface area contributed by atoms with E-state index in [1.54, 1.807) is 6.92 Å². The fourth-order valence-electron chi connectivity index (χ4n) is 6.45. The van der Waals surface area contributed by atoms with Crippen LogP contribution < -0.4 is 9.47 Å². The van der Waals surface area contributed by atoms with Gasteiger partial charge in [-0.3, -0.25) is 27.2 Å². The molecule has 2 heterocycles. The lowest BCUT2D eigenvalue weighted by Crippen LogP contribution is -2.08. The minimum atomic E-state index is -5.12. The van der Waals surface area contributed by atoms with Gasteiger partial charge in [0, 0.05) is 17.7 Å². The zero-order valence-corrected chi connectivity index (χ0v) is 40.7. The van der Waals surface area contributed by atoms with Crippen molar-refractivity contribution in [2.24, 2.45) is 30.7 Å². The van der Waals surface area contributed by atoms with Gasteiger partial charge in [-0.25, -0.2) is 4.98 Å². The zero-order valence-electron chi connectivity index (χ0n) is 36.7. The summed E-state index contributed by atoms with van der Waals surface area (Å²) in [6.07, 6.45) is -0.433. The number of hydrogen-bond donors (Lipinski definition) is 6. The summed E-state index contributed by atoms with van der Waals surface area (Å²) in [4.78, 5) is 1.92. The van der Waals surface area contributed by atoms with Crippen LogP contribution in [0.25, 0.3) is 16.7 Å². The van der Waals surface area contributed by atoms with Gasteiger partial charge < -0.3 is 14.6 Å². The molecule has 71 heavy (non-hydrogen) atoms. The maximum atomic E-state index is 12.1. The number of pyridine rings is 1. The molecule has 0 aliphatic rings. The molecule has 376 valence electrons. The van der Waals surface area contributed by atoms with Gasteiger partial charge in [-0.2, -0.15) is 57.6 Å². The van der Waals surface area contributed by atoms with E-state index in [1.807, 2.05) is 6.07 Å². The number of aromatic hydroxyl groups is 1. The molecule has 6 aromatic rings. The Balaban J connectivity index is 1.42. The Hall–Kier alpha value is -6.93. The van der Waals surface area contributed by atoms with E-state index in [2.05, 4.69) is 35.7 Å². The largest absolute Gasteiger partial charge is 0.493 e. The number of hydrogen-bond acceptors (Lipinski definition) is 21. The summed E-state index contributed by atoms with van der Waals surface area (Å²) >= 11 is 0. The molecule has 2 aromatic heterocycles. The quantitative estimate of drug-likeness (QED) is 0.0263.